The summed E-state index contributed by atoms with van der Waals surface area (Å²) < 4.78 is 5.81. The number of carbonyl (C=O) groups is 1. The van der Waals surface area contributed by atoms with Crippen molar-refractivity contribution >= 4 is 5.91 Å². The Balaban J connectivity index is 1.82. The number of rotatable bonds is 1. The first-order valence-electron chi connectivity index (χ1n) is 6.78. The van der Waals surface area contributed by atoms with Gasteiger partial charge in [-0.2, -0.15) is 5.10 Å². The average Bonchev–Trinajstić information content (AvgIpc) is 2.83. The second-order valence-electron chi connectivity index (χ2n) is 5.43. The summed E-state index contributed by atoms with van der Waals surface area (Å²) in [5.74, 6) is 0.0693. The number of likely N-dealkylation sites (tertiary alicyclic amines) is 1. The molecule has 0 saturated carbocycles. The van der Waals surface area contributed by atoms with Gasteiger partial charge in [-0.15, -0.1) is 0 Å². The lowest BCUT2D eigenvalue weighted by atomic mass is 9.98. The summed E-state index contributed by atoms with van der Waals surface area (Å²) in [5.41, 5.74) is 1.51. The molecule has 2 atom stereocenters. The third kappa shape index (κ3) is 2.26. The maximum atomic E-state index is 12.6. The monoisotopic (exact) mass is 264 g/mol. The van der Waals surface area contributed by atoms with E-state index in [9.17, 15) is 4.79 Å². The molecule has 0 radical (unpaired) electrons. The molecule has 6 heteroatoms. The lowest BCUT2D eigenvalue weighted by Gasteiger charge is -2.46. The van der Waals surface area contributed by atoms with Crippen LogP contribution in [0.2, 0.25) is 0 Å². The van der Waals surface area contributed by atoms with Gasteiger partial charge in [0.15, 0.2) is 0 Å². The van der Waals surface area contributed by atoms with Crippen LogP contribution >= 0.6 is 0 Å². The molecule has 0 bridgehead atoms. The van der Waals surface area contributed by atoms with Crippen molar-refractivity contribution in [2.45, 2.75) is 25.5 Å². The molecule has 2 aliphatic rings. The molecule has 6 nitrogen and oxygen atoms in total. The van der Waals surface area contributed by atoms with Crippen molar-refractivity contribution in [2.24, 2.45) is 0 Å². The first kappa shape index (κ1) is 12.6. The summed E-state index contributed by atoms with van der Waals surface area (Å²) in [7, 11) is 2.09. The summed E-state index contributed by atoms with van der Waals surface area (Å²) in [4.78, 5) is 16.9. The van der Waals surface area contributed by atoms with Crippen molar-refractivity contribution in [1.29, 1.82) is 0 Å². The molecule has 1 N–H and O–H groups in total. The molecule has 2 fully saturated rings. The highest BCUT2D eigenvalue weighted by atomic mass is 16.5. The highest BCUT2D eigenvalue weighted by Crippen LogP contribution is 2.24. The van der Waals surface area contributed by atoms with E-state index in [4.69, 9.17) is 4.74 Å². The maximum Gasteiger partial charge on any atom is 0.257 e. The molecule has 2 unspecified atom stereocenters. The molecule has 2 aliphatic heterocycles. The number of hydrogen-bond donors (Lipinski definition) is 1. The second kappa shape index (κ2) is 4.94. The first-order chi connectivity index (χ1) is 9.16. The summed E-state index contributed by atoms with van der Waals surface area (Å²) in [6.45, 7) is 5.10. The zero-order chi connectivity index (χ0) is 13.4. The summed E-state index contributed by atoms with van der Waals surface area (Å²) in [6, 6.07) is 0.161. The number of amides is 1. The van der Waals surface area contributed by atoms with Crippen LogP contribution in [0.4, 0.5) is 0 Å². The van der Waals surface area contributed by atoms with Gasteiger partial charge < -0.3 is 14.5 Å². The van der Waals surface area contributed by atoms with E-state index in [0.29, 0.717) is 18.7 Å². The largest absolute Gasteiger partial charge is 0.374 e. The van der Waals surface area contributed by atoms with Crippen molar-refractivity contribution < 1.29 is 9.53 Å². The third-order valence-corrected chi connectivity index (χ3v) is 4.11. The Morgan fingerprint density at radius 1 is 1.53 bits per heavy atom. The molecule has 0 aliphatic carbocycles. The van der Waals surface area contributed by atoms with Crippen LogP contribution < -0.4 is 0 Å². The fourth-order valence-corrected chi connectivity index (χ4v) is 3.00. The van der Waals surface area contributed by atoms with Gasteiger partial charge in [0.25, 0.3) is 5.91 Å². The Hall–Kier alpha value is -1.40. The number of nitrogens with zero attached hydrogens (tertiary/aromatic N) is 3. The summed E-state index contributed by atoms with van der Waals surface area (Å²) in [6.07, 6.45) is 2.80. The maximum absolute atomic E-state index is 12.6. The van der Waals surface area contributed by atoms with Gasteiger partial charge in [-0.3, -0.25) is 9.89 Å². The number of ether oxygens (including phenoxy) is 1. The van der Waals surface area contributed by atoms with Crippen LogP contribution in [0, 0.1) is 6.92 Å². The predicted molar refractivity (Wildman–Crippen MR) is 70.0 cm³/mol. The number of morpholine rings is 1. The van der Waals surface area contributed by atoms with Gasteiger partial charge in [0.05, 0.1) is 30.5 Å². The number of nitrogens with one attached hydrogen (secondary N) is 1. The minimum atomic E-state index is 0.0693. The Kier molecular flexibility index (Phi) is 3.28. The lowest BCUT2D eigenvalue weighted by Crippen LogP contribution is -2.60. The van der Waals surface area contributed by atoms with E-state index < -0.39 is 0 Å². The fraction of sp³-hybridized carbons (Fsp3) is 0.692. The number of aromatic amines is 1. The number of fused-ring (bicyclic) bond motifs is 1. The van der Waals surface area contributed by atoms with Gasteiger partial charge in [0, 0.05) is 25.3 Å². The molecule has 0 aromatic carbocycles. The highest BCUT2D eigenvalue weighted by Gasteiger charge is 2.39. The predicted octanol–water partition coefficient (Wildman–Crippen LogP) is 0.263. The Morgan fingerprint density at radius 3 is 3.11 bits per heavy atom. The third-order valence-electron chi connectivity index (χ3n) is 4.11. The number of piperidine rings is 1. The minimum absolute atomic E-state index is 0.0693. The van der Waals surface area contributed by atoms with Crippen LogP contribution in [0.25, 0.3) is 0 Å². The number of aryl methyl sites for hydroxylation is 1. The van der Waals surface area contributed by atoms with E-state index >= 15 is 0 Å². The molecule has 1 aromatic heterocycles. The summed E-state index contributed by atoms with van der Waals surface area (Å²) >= 11 is 0. The van der Waals surface area contributed by atoms with Crippen LogP contribution in [0.1, 0.15) is 22.5 Å². The van der Waals surface area contributed by atoms with Crippen molar-refractivity contribution in [3.63, 3.8) is 0 Å². The van der Waals surface area contributed by atoms with Gasteiger partial charge in [-0.25, -0.2) is 0 Å². The van der Waals surface area contributed by atoms with Gasteiger partial charge in [-0.1, -0.05) is 0 Å². The topological polar surface area (TPSA) is 61.5 Å². The van der Waals surface area contributed by atoms with E-state index in [1.165, 1.54) is 0 Å². The SMILES string of the molecule is Cc1[nH]ncc1C(=O)N1CCOC2CCN(C)CC21. The quantitative estimate of drug-likeness (QED) is 0.790. The van der Waals surface area contributed by atoms with Crippen molar-refractivity contribution in [1.82, 2.24) is 20.0 Å². The normalized spacial score (nSPS) is 28.2. The van der Waals surface area contributed by atoms with E-state index in [1.54, 1.807) is 6.20 Å². The second-order valence-corrected chi connectivity index (χ2v) is 5.43. The molecule has 104 valence electrons. The zero-order valence-corrected chi connectivity index (χ0v) is 11.4. The molecule has 1 aromatic rings. The molecule has 19 heavy (non-hydrogen) atoms. The van der Waals surface area contributed by atoms with Crippen LogP contribution in [0.5, 0.6) is 0 Å². The molecule has 3 heterocycles. The molecule has 2 saturated heterocycles. The number of likely N-dealkylation sites (N-methyl/N-ethyl adjacent to an activating group) is 1. The van der Waals surface area contributed by atoms with E-state index in [0.717, 1.165) is 25.2 Å². The molecular formula is C13H20N4O2. The Labute approximate surface area is 112 Å². The van der Waals surface area contributed by atoms with Crippen LogP contribution in [-0.4, -0.2) is 71.3 Å². The number of aromatic nitrogens is 2. The first-order valence-corrected chi connectivity index (χ1v) is 6.78. The average molecular weight is 264 g/mol. The Morgan fingerprint density at radius 2 is 2.37 bits per heavy atom. The zero-order valence-electron chi connectivity index (χ0n) is 11.4. The van der Waals surface area contributed by atoms with Crippen molar-refractivity contribution in [3.8, 4) is 0 Å². The van der Waals surface area contributed by atoms with E-state index in [1.807, 2.05) is 11.8 Å². The van der Waals surface area contributed by atoms with Gasteiger partial charge in [0.1, 0.15) is 0 Å². The fourth-order valence-electron chi connectivity index (χ4n) is 3.00. The minimum Gasteiger partial charge on any atom is -0.374 e. The van der Waals surface area contributed by atoms with E-state index in [-0.39, 0.29) is 18.1 Å². The van der Waals surface area contributed by atoms with Gasteiger partial charge in [-0.05, 0) is 20.4 Å². The molecule has 0 spiro atoms. The van der Waals surface area contributed by atoms with Crippen molar-refractivity contribution in [3.05, 3.63) is 17.5 Å². The number of carbonyl (C=O) groups excluding carboxylic acids is 1. The summed E-state index contributed by atoms with van der Waals surface area (Å²) in [5, 5.41) is 6.77. The lowest BCUT2D eigenvalue weighted by molar-refractivity contribution is -0.0870. The Bertz CT molecular complexity index is 473. The molecule has 3 rings (SSSR count). The van der Waals surface area contributed by atoms with Crippen molar-refractivity contribution in [2.75, 3.05) is 33.3 Å². The molecular weight excluding hydrogens is 244 g/mol. The van der Waals surface area contributed by atoms with E-state index in [2.05, 4.69) is 22.1 Å². The number of H-pyrrole nitrogens is 1. The molecule has 1 amide bonds. The van der Waals surface area contributed by atoms with Crippen LogP contribution in [0.3, 0.4) is 0 Å². The highest BCUT2D eigenvalue weighted by molar-refractivity contribution is 5.95. The van der Waals surface area contributed by atoms with Gasteiger partial charge >= 0.3 is 0 Å². The van der Waals surface area contributed by atoms with Crippen LogP contribution in [-0.2, 0) is 4.74 Å². The number of hydrogen-bond acceptors (Lipinski definition) is 4. The van der Waals surface area contributed by atoms with Gasteiger partial charge in [0.2, 0.25) is 0 Å². The smallest absolute Gasteiger partial charge is 0.257 e. The standard InChI is InChI=1S/C13H20N4O2/c1-9-10(7-14-15-9)13(18)17-5-6-19-12-3-4-16(2)8-11(12)17/h7,11-12H,3-6,8H2,1-2H3,(H,14,15). The van der Waals surface area contributed by atoms with Crippen LogP contribution in [0.15, 0.2) is 6.20 Å².